The molecule has 2 rings (SSSR count). The summed E-state index contributed by atoms with van der Waals surface area (Å²) >= 11 is 3.07. The van der Waals surface area contributed by atoms with Crippen molar-refractivity contribution < 1.29 is 9.90 Å². The lowest BCUT2D eigenvalue weighted by Crippen LogP contribution is -2.07. The van der Waals surface area contributed by atoms with Crippen molar-refractivity contribution in [1.29, 1.82) is 0 Å². The number of aryl methyl sites for hydroxylation is 1. The molecule has 1 atom stereocenters. The first-order valence-electron chi connectivity index (χ1n) is 6.30. The number of fused-ring (bicyclic) bond motifs is 1. The Kier molecular flexibility index (Phi) is 5.31. The molecule has 0 saturated heterocycles. The van der Waals surface area contributed by atoms with E-state index in [2.05, 4.69) is 23.1 Å². The van der Waals surface area contributed by atoms with Crippen LogP contribution in [-0.2, 0) is 11.3 Å². The first kappa shape index (κ1) is 15.2. The molecule has 0 amide bonds. The van der Waals surface area contributed by atoms with Gasteiger partial charge in [0.1, 0.15) is 5.52 Å². The molecule has 1 unspecified atom stereocenters. The average molecular weight is 311 g/mol. The van der Waals surface area contributed by atoms with Crippen LogP contribution in [0.2, 0.25) is 0 Å². The zero-order valence-corrected chi connectivity index (χ0v) is 13.1. The third-order valence-electron chi connectivity index (χ3n) is 2.96. The molecule has 2 aromatic heterocycles. The molecule has 2 aromatic rings. The monoisotopic (exact) mass is 311 g/mol. The summed E-state index contributed by atoms with van der Waals surface area (Å²) in [5.41, 5.74) is 1.64. The zero-order chi connectivity index (χ0) is 14.5. The number of hydrogen-bond donors (Lipinski definition) is 1. The normalized spacial score (nSPS) is 12.7. The molecule has 0 saturated carbocycles. The number of nitrogens with zero attached hydrogens (tertiary/aromatic N) is 3. The second-order valence-electron chi connectivity index (χ2n) is 4.41. The molecule has 0 radical (unpaired) electrons. The summed E-state index contributed by atoms with van der Waals surface area (Å²) in [4.78, 5) is 19.6. The summed E-state index contributed by atoms with van der Waals surface area (Å²) < 4.78 is 2.02. The van der Waals surface area contributed by atoms with Crippen molar-refractivity contribution in [2.75, 3.05) is 12.0 Å². The van der Waals surface area contributed by atoms with Crippen LogP contribution in [0.15, 0.2) is 23.5 Å². The van der Waals surface area contributed by atoms with Crippen LogP contribution in [-0.4, -0.2) is 42.9 Å². The van der Waals surface area contributed by atoms with E-state index in [1.807, 2.05) is 28.5 Å². The minimum absolute atomic E-state index is 0.0153. The molecule has 0 aliphatic carbocycles. The maximum Gasteiger partial charge on any atom is 0.313 e. The maximum absolute atomic E-state index is 10.7. The molecule has 0 spiro atoms. The van der Waals surface area contributed by atoms with E-state index >= 15 is 0 Å². The number of pyridine rings is 1. The van der Waals surface area contributed by atoms with Gasteiger partial charge in [0.15, 0.2) is 10.8 Å². The first-order valence-corrected chi connectivity index (χ1v) is 8.57. The van der Waals surface area contributed by atoms with E-state index < -0.39 is 5.97 Å². The van der Waals surface area contributed by atoms with Gasteiger partial charge in [0.2, 0.25) is 0 Å². The van der Waals surface area contributed by atoms with Gasteiger partial charge in [-0.25, -0.2) is 9.97 Å². The smallest absolute Gasteiger partial charge is 0.313 e. The number of carbonyl (C=O) groups is 1. The van der Waals surface area contributed by atoms with E-state index in [0.717, 1.165) is 29.3 Å². The van der Waals surface area contributed by atoms with E-state index in [9.17, 15) is 4.79 Å². The predicted octanol–water partition coefficient (Wildman–Crippen LogP) is 2.75. The molecule has 20 heavy (non-hydrogen) atoms. The SMILES string of the molecule is CSC(C)CCn1c(SCC(=O)O)nc2cccnc21. The highest BCUT2D eigenvalue weighted by Gasteiger charge is 2.14. The number of imidazole rings is 1. The fourth-order valence-corrected chi connectivity index (χ4v) is 2.89. The molecule has 0 aliphatic rings. The van der Waals surface area contributed by atoms with E-state index in [0.29, 0.717) is 5.25 Å². The number of thioether (sulfide) groups is 2. The largest absolute Gasteiger partial charge is 0.481 e. The molecular formula is C13H17N3O2S2. The first-order chi connectivity index (χ1) is 9.61. The van der Waals surface area contributed by atoms with Crippen molar-refractivity contribution in [3.8, 4) is 0 Å². The van der Waals surface area contributed by atoms with Gasteiger partial charge < -0.3 is 9.67 Å². The van der Waals surface area contributed by atoms with E-state index in [1.54, 1.807) is 6.20 Å². The van der Waals surface area contributed by atoms with Gasteiger partial charge in [0.25, 0.3) is 0 Å². The van der Waals surface area contributed by atoms with Gasteiger partial charge in [-0.15, -0.1) is 0 Å². The molecular weight excluding hydrogens is 294 g/mol. The lowest BCUT2D eigenvalue weighted by Gasteiger charge is -2.11. The fourth-order valence-electron chi connectivity index (χ4n) is 1.80. The summed E-state index contributed by atoms with van der Waals surface area (Å²) in [6, 6.07) is 3.75. The standard InChI is InChI=1S/C13H17N3O2S2/c1-9(19-2)5-7-16-12-10(4-3-6-14-12)15-13(16)20-8-11(17)18/h3-4,6,9H,5,7-8H2,1-2H3,(H,17,18). The molecule has 7 heteroatoms. The van der Waals surface area contributed by atoms with Gasteiger partial charge in [-0.2, -0.15) is 11.8 Å². The van der Waals surface area contributed by atoms with Crippen LogP contribution in [0.5, 0.6) is 0 Å². The number of rotatable bonds is 7. The number of carboxylic acids is 1. The number of aromatic nitrogens is 3. The van der Waals surface area contributed by atoms with Crippen molar-refractivity contribution in [2.24, 2.45) is 0 Å². The Labute approximate surface area is 126 Å². The molecule has 0 fully saturated rings. The Morgan fingerprint density at radius 3 is 3.05 bits per heavy atom. The van der Waals surface area contributed by atoms with Crippen LogP contribution in [0, 0.1) is 0 Å². The Hall–Kier alpha value is -1.21. The van der Waals surface area contributed by atoms with Crippen LogP contribution in [0.3, 0.4) is 0 Å². The zero-order valence-electron chi connectivity index (χ0n) is 11.4. The van der Waals surface area contributed by atoms with Crippen molar-refractivity contribution >= 4 is 40.7 Å². The topological polar surface area (TPSA) is 68.0 Å². The summed E-state index contributed by atoms with van der Waals surface area (Å²) in [5.74, 6) is -0.819. The van der Waals surface area contributed by atoms with Crippen LogP contribution in [0.1, 0.15) is 13.3 Å². The quantitative estimate of drug-likeness (QED) is 0.793. The van der Waals surface area contributed by atoms with Gasteiger partial charge in [-0.3, -0.25) is 4.79 Å². The van der Waals surface area contributed by atoms with Crippen LogP contribution in [0.25, 0.3) is 11.2 Å². The van der Waals surface area contributed by atoms with Crippen LogP contribution >= 0.6 is 23.5 Å². The second-order valence-corrected chi connectivity index (χ2v) is 6.63. The Balaban J connectivity index is 2.26. The summed E-state index contributed by atoms with van der Waals surface area (Å²) in [6.45, 7) is 2.98. The Bertz CT molecular complexity index is 600. The van der Waals surface area contributed by atoms with Crippen molar-refractivity contribution in [3.05, 3.63) is 18.3 Å². The van der Waals surface area contributed by atoms with Gasteiger partial charge in [-0.1, -0.05) is 18.7 Å². The molecule has 2 heterocycles. The van der Waals surface area contributed by atoms with E-state index in [1.165, 1.54) is 11.8 Å². The number of hydrogen-bond acceptors (Lipinski definition) is 5. The summed E-state index contributed by atoms with van der Waals surface area (Å²) in [7, 11) is 0. The number of carboxylic acid groups (broad SMARTS) is 1. The lowest BCUT2D eigenvalue weighted by atomic mass is 10.3. The Morgan fingerprint density at radius 2 is 2.35 bits per heavy atom. The lowest BCUT2D eigenvalue weighted by molar-refractivity contribution is -0.133. The average Bonchev–Trinajstić information content (AvgIpc) is 2.80. The van der Waals surface area contributed by atoms with E-state index in [-0.39, 0.29) is 5.75 Å². The highest BCUT2D eigenvalue weighted by atomic mass is 32.2. The van der Waals surface area contributed by atoms with Crippen LogP contribution < -0.4 is 0 Å². The highest BCUT2D eigenvalue weighted by Crippen LogP contribution is 2.24. The van der Waals surface area contributed by atoms with Crippen molar-refractivity contribution in [2.45, 2.75) is 30.3 Å². The number of aliphatic carboxylic acids is 1. The summed E-state index contributed by atoms with van der Waals surface area (Å²) in [5, 5.41) is 10.1. The van der Waals surface area contributed by atoms with Crippen LogP contribution in [0.4, 0.5) is 0 Å². The molecule has 0 aromatic carbocycles. The van der Waals surface area contributed by atoms with E-state index in [4.69, 9.17) is 5.11 Å². The van der Waals surface area contributed by atoms with Gasteiger partial charge in [0.05, 0.1) is 5.75 Å². The fraction of sp³-hybridized carbons (Fsp3) is 0.462. The molecule has 0 bridgehead atoms. The van der Waals surface area contributed by atoms with Gasteiger partial charge in [-0.05, 0) is 24.8 Å². The minimum Gasteiger partial charge on any atom is -0.481 e. The highest BCUT2D eigenvalue weighted by molar-refractivity contribution is 7.99. The molecule has 108 valence electrons. The summed E-state index contributed by atoms with van der Waals surface area (Å²) in [6.07, 6.45) is 4.84. The maximum atomic E-state index is 10.7. The van der Waals surface area contributed by atoms with Crippen molar-refractivity contribution in [1.82, 2.24) is 14.5 Å². The third-order valence-corrected chi connectivity index (χ3v) is 4.96. The minimum atomic E-state index is -0.834. The third kappa shape index (κ3) is 3.67. The predicted molar refractivity (Wildman–Crippen MR) is 83.5 cm³/mol. The van der Waals surface area contributed by atoms with Crippen molar-refractivity contribution in [3.63, 3.8) is 0 Å². The van der Waals surface area contributed by atoms with Gasteiger partial charge >= 0.3 is 5.97 Å². The Morgan fingerprint density at radius 1 is 1.55 bits per heavy atom. The molecule has 1 N–H and O–H groups in total. The second kappa shape index (κ2) is 6.99. The molecule has 5 nitrogen and oxygen atoms in total. The molecule has 0 aliphatic heterocycles. The van der Waals surface area contributed by atoms with Gasteiger partial charge in [0, 0.05) is 18.0 Å².